The van der Waals surface area contributed by atoms with Crippen LogP contribution in [0.3, 0.4) is 0 Å². The van der Waals surface area contributed by atoms with E-state index in [1.807, 2.05) is 54.6 Å². The van der Waals surface area contributed by atoms with Gasteiger partial charge in [0.25, 0.3) is 0 Å². The summed E-state index contributed by atoms with van der Waals surface area (Å²) in [4.78, 5) is 11.2. The molecule has 1 aliphatic rings. The standard InChI is InChI=1S/C23H23NO4S/c25-23(26)15-17-5-7-19(8-6-17)20-11-13-24(14-12-20)29(27,28)22-10-9-18-3-1-2-4-21(18)16-22/h1-10,16,20H,11-15H2,(H,25,26). The van der Waals surface area contributed by atoms with Crippen LogP contribution in [0.5, 0.6) is 0 Å². The Morgan fingerprint density at radius 3 is 2.24 bits per heavy atom. The molecule has 6 heteroatoms. The molecule has 150 valence electrons. The van der Waals surface area contributed by atoms with Gasteiger partial charge in [0.1, 0.15) is 0 Å². The summed E-state index contributed by atoms with van der Waals surface area (Å²) >= 11 is 0. The van der Waals surface area contributed by atoms with Gasteiger partial charge in [0.05, 0.1) is 11.3 Å². The van der Waals surface area contributed by atoms with Crippen LogP contribution in [0.4, 0.5) is 0 Å². The number of aliphatic carboxylic acids is 1. The summed E-state index contributed by atoms with van der Waals surface area (Å²) in [7, 11) is -3.51. The molecule has 29 heavy (non-hydrogen) atoms. The Balaban J connectivity index is 1.46. The van der Waals surface area contributed by atoms with E-state index in [0.29, 0.717) is 18.0 Å². The predicted molar refractivity (Wildman–Crippen MR) is 112 cm³/mol. The van der Waals surface area contributed by atoms with Gasteiger partial charge in [-0.25, -0.2) is 8.42 Å². The van der Waals surface area contributed by atoms with Crippen LogP contribution in [0.2, 0.25) is 0 Å². The van der Waals surface area contributed by atoms with Crippen LogP contribution in [-0.4, -0.2) is 36.9 Å². The Bertz CT molecular complexity index is 1130. The Kier molecular flexibility index (Phi) is 5.39. The van der Waals surface area contributed by atoms with Gasteiger partial charge in [-0.05, 0) is 52.8 Å². The average molecular weight is 410 g/mol. The van der Waals surface area contributed by atoms with Crippen LogP contribution in [-0.2, 0) is 21.2 Å². The maximum atomic E-state index is 13.1. The second-order valence-electron chi connectivity index (χ2n) is 7.50. The SMILES string of the molecule is O=C(O)Cc1ccc(C2CCN(S(=O)(=O)c3ccc4ccccc4c3)CC2)cc1. The van der Waals surface area contributed by atoms with Crippen LogP contribution in [0, 0.1) is 0 Å². The fourth-order valence-corrected chi connectivity index (χ4v) is 5.49. The monoisotopic (exact) mass is 409 g/mol. The van der Waals surface area contributed by atoms with Gasteiger partial charge in [-0.1, -0.05) is 54.6 Å². The van der Waals surface area contributed by atoms with Crippen molar-refractivity contribution in [2.45, 2.75) is 30.1 Å². The first-order chi connectivity index (χ1) is 13.9. The van der Waals surface area contributed by atoms with Gasteiger partial charge >= 0.3 is 5.97 Å². The molecule has 1 saturated heterocycles. The van der Waals surface area contributed by atoms with Gasteiger partial charge in [-0.2, -0.15) is 4.31 Å². The van der Waals surface area contributed by atoms with Crippen molar-refractivity contribution in [1.82, 2.24) is 4.31 Å². The number of rotatable bonds is 5. The molecule has 1 aliphatic heterocycles. The summed E-state index contributed by atoms with van der Waals surface area (Å²) in [5.41, 5.74) is 1.92. The van der Waals surface area contributed by atoms with Gasteiger partial charge in [-0.3, -0.25) is 4.79 Å². The van der Waals surface area contributed by atoms with E-state index in [1.54, 1.807) is 16.4 Å². The highest BCUT2D eigenvalue weighted by molar-refractivity contribution is 7.89. The molecular weight excluding hydrogens is 386 g/mol. The Labute approximate surface area is 170 Å². The van der Waals surface area contributed by atoms with Crippen molar-refractivity contribution in [2.75, 3.05) is 13.1 Å². The number of carbonyl (C=O) groups is 1. The van der Waals surface area contributed by atoms with Gasteiger partial charge in [-0.15, -0.1) is 0 Å². The normalized spacial score (nSPS) is 16.1. The summed E-state index contributed by atoms with van der Waals surface area (Å²) in [5, 5.41) is 10.8. The van der Waals surface area contributed by atoms with E-state index < -0.39 is 16.0 Å². The molecule has 1 fully saturated rings. The van der Waals surface area contributed by atoms with Crippen LogP contribution >= 0.6 is 0 Å². The zero-order chi connectivity index (χ0) is 20.4. The highest BCUT2D eigenvalue weighted by Gasteiger charge is 2.30. The number of carboxylic acid groups (broad SMARTS) is 1. The molecule has 0 bridgehead atoms. The van der Waals surface area contributed by atoms with Gasteiger partial charge < -0.3 is 5.11 Å². The van der Waals surface area contributed by atoms with E-state index in [1.165, 1.54) is 0 Å². The van der Waals surface area contributed by atoms with Crippen LogP contribution in [0.1, 0.15) is 29.9 Å². The van der Waals surface area contributed by atoms with Crippen molar-refractivity contribution in [2.24, 2.45) is 0 Å². The van der Waals surface area contributed by atoms with Crippen LogP contribution in [0.15, 0.2) is 71.6 Å². The summed E-state index contributed by atoms with van der Waals surface area (Å²) in [6, 6.07) is 20.7. The third-order valence-electron chi connectivity index (χ3n) is 5.62. The molecule has 0 aliphatic carbocycles. The van der Waals surface area contributed by atoms with Crippen molar-refractivity contribution in [3.63, 3.8) is 0 Å². The lowest BCUT2D eigenvalue weighted by Crippen LogP contribution is -2.37. The molecule has 0 atom stereocenters. The van der Waals surface area contributed by atoms with E-state index in [9.17, 15) is 13.2 Å². The van der Waals surface area contributed by atoms with Crippen molar-refractivity contribution in [3.8, 4) is 0 Å². The number of benzene rings is 3. The molecule has 0 aromatic heterocycles. The van der Waals surface area contributed by atoms with Gasteiger partial charge in [0.2, 0.25) is 10.0 Å². The third-order valence-corrected chi connectivity index (χ3v) is 7.51. The smallest absolute Gasteiger partial charge is 0.307 e. The molecule has 0 saturated carbocycles. The number of carboxylic acids is 1. The minimum Gasteiger partial charge on any atom is -0.481 e. The van der Waals surface area contributed by atoms with E-state index >= 15 is 0 Å². The number of sulfonamides is 1. The lowest BCUT2D eigenvalue weighted by molar-refractivity contribution is -0.136. The number of nitrogens with zero attached hydrogens (tertiary/aromatic N) is 1. The summed E-state index contributed by atoms with van der Waals surface area (Å²) in [6.07, 6.45) is 1.53. The van der Waals surface area contributed by atoms with E-state index in [2.05, 4.69) is 0 Å². The number of fused-ring (bicyclic) bond motifs is 1. The first-order valence-corrected chi connectivity index (χ1v) is 11.2. The largest absolute Gasteiger partial charge is 0.481 e. The second kappa shape index (κ2) is 7.97. The lowest BCUT2D eigenvalue weighted by atomic mass is 9.89. The molecule has 0 amide bonds. The minimum absolute atomic E-state index is 0.0166. The molecule has 0 radical (unpaired) electrons. The number of piperidine rings is 1. The molecule has 0 unspecified atom stereocenters. The first kappa shape index (κ1) is 19.6. The average Bonchev–Trinajstić information content (AvgIpc) is 2.73. The molecule has 1 heterocycles. The van der Waals surface area contributed by atoms with Crippen molar-refractivity contribution >= 4 is 26.8 Å². The Hall–Kier alpha value is -2.70. The van der Waals surface area contributed by atoms with E-state index in [-0.39, 0.29) is 12.3 Å². The number of hydrogen-bond donors (Lipinski definition) is 1. The molecule has 3 aromatic rings. The van der Waals surface area contributed by atoms with Crippen molar-refractivity contribution in [3.05, 3.63) is 77.9 Å². The van der Waals surface area contributed by atoms with Gasteiger partial charge in [0.15, 0.2) is 0 Å². The second-order valence-corrected chi connectivity index (χ2v) is 9.44. The maximum Gasteiger partial charge on any atom is 0.307 e. The maximum absolute atomic E-state index is 13.1. The highest BCUT2D eigenvalue weighted by Crippen LogP contribution is 2.31. The summed E-state index contributed by atoms with van der Waals surface area (Å²) in [6.45, 7) is 0.966. The van der Waals surface area contributed by atoms with Gasteiger partial charge in [0, 0.05) is 13.1 Å². The fraction of sp³-hybridized carbons (Fsp3) is 0.261. The van der Waals surface area contributed by atoms with Crippen LogP contribution < -0.4 is 0 Å². The first-order valence-electron chi connectivity index (χ1n) is 9.73. The summed E-state index contributed by atoms with van der Waals surface area (Å²) < 4.78 is 27.8. The molecule has 0 spiro atoms. The van der Waals surface area contributed by atoms with E-state index in [4.69, 9.17) is 5.11 Å². The topological polar surface area (TPSA) is 74.7 Å². The molecule has 3 aromatic carbocycles. The zero-order valence-corrected chi connectivity index (χ0v) is 16.8. The lowest BCUT2D eigenvalue weighted by Gasteiger charge is -2.31. The molecular formula is C23H23NO4S. The van der Waals surface area contributed by atoms with E-state index in [0.717, 1.165) is 34.7 Å². The highest BCUT2D eigenvalue weighted by atomic mass is 32.2. The number of hydrogen-bond acceptors (Lipinski definition) is 3. The fourth-order valence-electron chi connectivity index (χ4n) is 3.99. The molecule has 1 N–H and O–H groups in total. The quantitative estimate of drug-likeness (QED) is 0.690. The Morgan fingerprint density at radius 2 is 1.59 bits per heavy atom. The Morgan fingerprint density at radius 1 is 0.931 bits per heavy atom. The molecule has 5 nitrogen and oxygen atoms in total. The molecule has 4 rings (SSSR count). The summed E-state index contributed by atoms with van der Waals surface area (Å²) in [5.74, 6) is -0.554. The van der Waals surface area contributed by atoms with Crippen molar-refractivity contribution in [1.29, 1.82) is 0 Å². The van der Waals surface area contributed by atoms with Crippen molar-refractivity contribution < 1.29 is 18.3 Å². The van der Waals surface area contributed by atoms with Crippen LogP contribution in [0.25, 0.3) is 10.8 Å². The zero-order valence-electron chi connectivity index (χ0n) is 16.0. The third kappa shape index (κ3) is 4.18. The predicted octanol–water partition coefficient (Wildman–Crippen LogP) is 4.04. The minimum atomic E-state index is -3.51.